The van der Waals surface area contributed by atoms with E-state index in [1.165, 1.54) is 12.5 Å². The van der Waals surface area contributed by atoms with Crippen molar-refractivity contribution in [2.45, 2.75) is 58.0 Å². The molecule has 2 atom stereocenters. The number of aromatic nitrogens is 1. The van der Waals surface area contributed by atoms with Crippen molar-refractivity contribution < 1.29 is 14.3 Å². The number of halogens is 2. The largest absolute Gasteiger partial charge is 0.504 e. The van der Waals surface area contributed by atoms with Crippen LogP contribution in [0.2, 0.25) is 5.02 Å². The van der Waals surface area contributed by atoms with Crippen LogP contribution in [0.15, 0.2) is 30.5 Å². The number of aryl methyl sites for hydroxylation is 1. The second-order valence-corrected chi connectivity index (χ2v) is 10.3. The number of hydrogen-bond acceptors (Lipinski definition) is 5. The number of anilines is 1. The predicted octanol–water partition coefficient (Wildman–Crippen LogP) is 6.59. The van der Waals surface area contributed by atoms with E-state index >= 15 is 0 Å². The first kappa shape index (κ1) is 24.4. The van der Waals surface area contributed by atoms with Crippen molar-refractivity contribution in [3.63, 3.8) is 0 Å². The summed E-state index contributed by atoms with van der Waals surface area (Å²) in [4.78, 5) is 19.5. The number of phenolic OH excluding ortho intramolecular Hbond substituents is 1. The molecule has 2 aromatic carbocycles. The topological polar surface area (TPSA) is 65.5 Å². The van der Waals surface area contributed by atoms with E-state index in [4.69, 9.17) is 11.6 Å². The molecule has 0 aliphatic heterocycles. The molecule has 0 radical (unpaired) electrons. The monoisotopic (exact) mass is 483 g/mol. The molecule has 1 aliphatic rings. The molecule has 1 fully saturated rings. The molecule has 2 N–H and O–H groups in total. The van der Waals surface area contributed by atoms with E-state index in [1.54, 1.807) is 19.2 Å². The van der Waals surface area contributed by atoms with E-state index in [0.717, 1.165) is 47.0 Å². The van der Waals surface area contributed by atoms with Gasteiger partial charge in [0.25, 0.3) is 0 Å². The first-order valence-electron chi connectivity index (χ1n) is 11.6. The average molecular weight is 484 g/mol. The quantitative estimate of drug-likeness (QED) is 0.401. The van der Waals surface area contributed by atoms with Crippen LogP contribution >= 0.6 is 11.6 Å². The highest BCUT2D eigenvalue weighted by Crippen LogP contribution is 2.40. The molecule has 2 unspecified atom stereocenters. The summed E-state index contributed by atoms with van der Waals surface area (Å²) < 4.78 is 14.3. The minimum absolute atomic E-state index is 0.0491. The lowest BCUT2D eigenvalue weighted by atomic mass is 9.77. The summed E-state index contributed by atoms with van der Waals surface area (Å²) in [6, 6.07) is 7.00. The number of rotatable bonds is 5. The van der Waals surface area contributed by atoms with Gasteiger partial charge in [-0.15, -0.1) is 0 Å². The van der Waals surface area contributed by atoms with Crippen LogP contribution in [0.4, 0.5) is 10.1 Å². The molecule has 0 amide bonds. The fourth-order valence-electron chi connectivity index (χ4n) is 5.35. The van der Waals surface area contributed by atoms with Gasteiger partial charge in [0.1, 0.15) is 0 Å². The molecule has 1 aliphatic carbocycles. The summed E-state index contributed by atoms with van der Waals surface area (Å²) in [5.41, 5.74) is 3.99. The number of phenols is 1. The Hall–Kier alpha value is -2.70. The zero-order chi connectivity index (χ0) is 24.8. The van der Waals surface area contributed by atoms with Crippen LogP contribution in [0.3, 0.4) is 0 Å². The van der Waals surface area contributed by atoms with Gasteiger partial charge in [0.05, 0.1) is 27.3 Å². The van der Waals surface area contributed by atoms with Crippen LogP contribution in [-0.2, 0) is 0 Å². The highest BCUT2D eigenvalue weighted by Gasteiger charge is 2.38. The van der Waals surface area contributed by atoms with Gasteiger partial charge in [-0.05, 0) is 88.7 Å². The van der Waals surface area contributed by atoms with Crippen LogP contribution < -0.4 is 5.32 Å². The molecule has 4 rings (SSSR count). The zero-order valence-electron chi connectivity index (χ0n) is 20.3. The molecule has 180 valence electrons. The highest BCUT2D eigenvalue weighted by atomic mass is 35.5. The Morgan fingerprint density at radius 3 is 2.65 bits per heavy atom. The van der Waals surface area contributed by atoms with Crippen LogP contribution in [0, 0.1) is 12.7 Å². The summed E-state index contributed by atoms with van der Waals surface area (Å²) in [6.07, 6.45) is 5.98. The molecule has 1 heterocycles. The molecule has 0 bridgehead atoms. The minimum Gasteiger partial charge on any atom is -0.504 e. The van der Waals surface area contributed by atoms with E-state index in [2.05, 4.69) is 36.2 Å². The molecular formula is C27H31ClFN3O2. The third kappa shape index (κ3) is 4.37. The maximum atomic E-state index is 14.3. The Labute approximate surface area is 204 Å². The van der Waals surface area contributed by atoms with Gasteiger partial charge < -0.3 is 15.3 Å². The molecule has 1 saturated carbocycles. The first-order chi connectivity index (χ1) is 16.0. The maximum Gasteiger partial charge on any atom is 0.170 e. The number of nitrogens with one attached hydrogen (secondary N) is 1. The average Bonchev–Trinajstić information content (AvgIpc) is 2.76. The summed E-state index contributed by atoms with van der Waals surface area (Å²) in [5.74, 6) is -1.41. The van der Waals surface area contributed by atoms with Crippen LogP contribution in [0.25, 0.3) is 22.0 Å². The molecule has 3 aromatic rings. The molecule has 34 heavy (non-hydrogen) atoms. The minimum atomic E-state index is -0.778. The van der Waals surface area contributed by atoms with Gasteiger partial charge >= 0.3 is 0 Å². The molecule has 1 aromatic heterocycles. The SMILES string of the molecule is CC(=O)c1cnc2cc(C)c(-c3cc(F)c(O)c(Cl)c3)cc2c1NC1(C)CCCCC1N(C)C. The number of hydrogen-bond donors (Lipinski definition) is 2. The van der Waals surface area contributed by atoms with Crippen LogP contribution in [-0.4, -0.2) is 46.4 Å². The maximum absolute atomic E-state index is 14.3. The zero-order valence-corrected chi connectivity index (χ0v) is 21.1. The lowest BCUT2D eigenvalue weighted by Gasteiger charge is -2.46. The van der Waals surface area contributed by atoms with E-state index in [1.807, 2.05) is 19.1 Å². The van der Waals surface area contributed by atoms with Gasteiger partial charge in [-0.3, -0.25) is 9.78 Å². The number of likely N-dealkylation sites (N-methyl/N-ethyl adjacent to an activating group) is 1. The van der Waals surface area contributed by atoms with Gasteiger partial charge in [-0.2, -0.15) is 0 Å². The Kier molecular flexibility index (Phi) is 6.58. The van der Waals surface area contributed by atoms with Gasteiger partial charge in [0.15, 0.2) is 17.3 Å². The number of fused-ring (bicyclic) bond motifs is 1. The number of pyridine rings is 1. The Morgan fingerprint density at radius 2 is 2.00 bits per heavy atom. The normalized spacial score (nSPS) is 20.6. The number of benzene rings is 2. The van der Waals surface area contributed by atoms with Crippen LogP contribution in [0.1, 0.15) is 55.5 Å². The second-order valence-electron chi connectivity index (χ2n) is 9.84. The van der Waals surface area contributed by atoms with Crippen molar-refractivity contribution in [3.05, 3.63) is 52.4 Å². The Balaban J connectivity index is 1.94. The molecule has 0 spiro atoms. The lowest BCUT2D eigenvalue weighted by molar-refractivity contribution is 0.101. The summed E-state index contributed by atoms with van der Waals surface area (Å²) >= 11 is 6.07. The van der Waals surface area contributed by atoms with Gasteiger partial charge in [-0.1, -0.05) is 24.4 Å². The fraction of sp³-hybridized carbons (Fsp3) is 0.407. The summed E-state index contributed by atoms with van der Waals surface area (Å²) in [7, 11) is 4.19. The standard InChI is InChI=1S/C27H31ClFN3O2/c1-15-10-23-19(13-18(15)17-11-21(28)26(34)22(29)12-17)25(20(14-30-23)16(2)33)31-27(3)9-7-6-8-24(27)32(4)5/h10-14,24,34H,6-9H2,1-5H3,(H,30,31). The van der Waals surface area contributed by atoms with Crippen molar-refractivity contribution in [2.24, 2.45) is 0 Å². The van der Waals surface area contributed by atoms with E-state index in [0.29, 0.717) is 17.2 Å². The molecular weight excluding hydrogens is 453 g/mol. The number of carbonyl (C=O) groups is 1. The molecule has 0 saturated heterocycles. The summed E-state index contributed by atoms with van der Waals surface area (Å²) in [5, 5.41) is 14.3. The third-order valence-corrected chi connectivity index (χ3v) is 7.40. The number of nitrogens with zero attached hydrogens (tertiary/aromatic N) is 2. The Bertz CT molecular complexity index is 1250. The predicted molar refractivity (Wildman–Crippen MR) is 137 cm³/mol. The van der Waals surface area contributed by atoms with Gasteiger partial charge in [-0.25, -0.2) is 4.39 Å². The molecule has 7 heteroatoms. The highest BCUT2D eigenvalue weighted by molar-refractivity contribution is 6.32. The van der Waals surface area contributed by atoms with E-state index in [-0.39, 0.29) is 16.3 Å². The van der Waals surface area contributed by atoms with Crippen molar-refractivity contribution in [1.82, 2.24) is 9.88 Å². The molecule has 5 nitrogen and oxygen atoms in total. The van der Waals surface area contributed by atoms with Crippen molar-refractivity contribution in [2.75, 3.05) is 19.4 Å². The van der Waals surface area contributed by atoms with Crippen molar-refractivity contribution >= 4 is 34.0 Å². The van der Waals surface area contributed by atoms with Crippen molar-refractivity contribution in [3.8, 4) is 16.9 Å². The number of aromatic hydroxyl groups is 1. The number of carbonyl (C=O) groups excluding carboxylic acids is 1. The van der Waals surface area contributed by atoms with Crippen LogP contribution in [0.5, 0.6) is 5.75 Å². The van der Waals surface area contributed by atoms with E-state index in [9.17, 15) is 14.3 Å². The fourth-order valence-corrected chi connectivity index (χ4v) is 5.56. The number of Topliss-reactive ketones (excluding diaryl/α,β-unsaturated/α-hetero) is 1. The Morgan fingerprint density at radius 1 is 1.26 bits per heavy atom. The first-order valence-corrected chi connectivity index (χ1v) is 12.0. The smallest absolute Gasteiger partial charge is 0.170 e. The van der Waals surface area contributed by atoms with Gasteiger partial charge in [0, 0.05) is 17.6 Å². The lowest BCUT2D eigenvalue weighted by Crippen LogP contribution is -2.55. The van der Waals surface area contributed by atoms with E-state index < -0.39 is 11.6 Å². The summed E-state index contributed by atoms with van der Waals surface area (Å²) in [6.45, 7) is 5.69. The van der Waals surface area contributed by atoms with Crippen molar-refractivity contribution in [1.29, 1.82) is 0 Å². The third-order valence-electron chi connectivity index (χ3n) is 7.11. The second kappa shape index (κ2) is 9.16. The number of ketones is 1. The van der Waals surface area contributed by atoms with Gasteiger partial charge in [0.2, 0.25) is 0 Å².